The van der Waals surface area contributed by atoms with Gasteiger partial charge in [0.15, 0.2) is 5.78 Å². The zero-order valence-electron chi connectivity index (χ0n) is 10.4. The maximum absolute atomic E-state index is 12.1. The molecule has 2 rings (SSSR count). The van der Waals surface area contributed by atoms with Crippen LogP contribution in [0.1, 0.15) is 36.0 Å². The molecule has 1 aliphatic rings. The van der Waals surface area contributed by atoms with E-state index >= 15 is 0 Å². The Morgan fingerprint density at radius 1 is 1.29 bits per heavy atom. The van der Waals surface area contributed by atoms with Gasteiger partial charge >= 0.3 is 0 Å². The van der Waals surface area contributed by atoms with Crippen LogP contribution in [0, 0.1) is 5.92 Å². The van der Waals surface area contributed by atoms with Crippen molar-refractivity contribution in [3.63, 3.8) is 0 Å². The second-order valence-corrected chi connectivity index (χ2v) is 4.47. The number of carbonyl (C=O) groups excluding carboxylic acids is 1. The van der Waals surface area contributed by atoms with Crippen LogP contribution in [0.2, 0.25) is 0 Å². The van der Waals surface area contributed by atoms with Crippen molar-refractivity contribution in [3.8, 4) is 11.5 Å². The molecule has 0 saturated heterocycles. The Morgan fingerprint density at radius 3 is 2.65 bits per heavy atom. The summed E-state index contributed by atoms with van der Waals surface area (Å²) in [6.07, 6.45) is 4.17. The quantitative estimate of drug-likeness (QED) is 0.709. The maximum atomic E-state index is 12.1. The van der Waals surface area contributed by atoms with Gasteiger partial charge in [0.2, 0.25) is 0 Å². The number of ketones is 1. The molecule has 0 aromatic heterocycles. The van der Waals surface area contributed by atoms with E-state index in [4.69, 9.17) is 9.47 Å². The first-order valence-electron chi connectivity index (χ1n) is 6.00. The van der Waals surface area contributed by atoms with Gasteiger partial charge in [0, 0.05) is 6.42 Å². The van der Waals surface area contributed by atoms with Crippen molar-refractivity contribution >= 4 is 5.78 Å². The minimum atomic E-state index is 0.146. The van der Waals surface area contributed by atoms with Crippen molar-refractivity contribution < 1.29 is 14.3 Å². The van der Waals surface area contributed by atoms with E-state index in [1.807, 2.05) is 0 Å². The lowest BCUT2D eigenvalue weighted by molar-refractivity contribution is 0.0974. The highest BCUT2D eigenvalue weighted by Crippen LogP contribution is 2.34. The molecule has 0 spiro atoms. The molecule has 92 valence electrons. The van der Waals surface area contributed by atoms with Crippen molar-refractivity contribution in [2.24, 2.45) is 5.92 Å². The van der Waals surface area contributed by atoms with Crippen LogP contribution in [0.3, 0.4) is 0 Å². The molecule has 0 bridgehead atoms. The van der Waals surface area contributed by atoms with E-state index in [2.05, 4.69) is 0 Å². The largest absolute Gasteiger partial charge is 0.497 e. The highest BCUT2D eigenvalue weighted by Gasteiger charge is 2.23. The first kappa shape index (κ1) is 12.0. The summed E-state index contributed by atoms with van der Waals surface area (Å²) in [7, 11) is 3.18. The van der Waals surface area contributed by atoms with Crippen LogP contribution >= 0.6 is 0 Å². The lowest BCUT2D eigenvalue weighted by Gasteiger charge is -2.09. The van der Waals surface area contributed by atoms with Gasteiger partial charge in [-0.3, -0.25) is 4.79 Å². The van der Waals surface area contributed by atoms with Gasteiger partial charge in [0.05, 0.1) is 19.8 Å². The third-order valence-corrected chi connectivity index (χ3v) is 3.18. The van der Waals surface area contributed by atoms with Crippen LogP contribution in [0.4, 0.5) is 0 Å². The van der Waals surface area contributed by atoms with Gasteiger partial charge in [-0.1, -0.05) is 12.8 Å². The maximum Gasteiger partial charge on any atom is 0.166 e. The summed E-state index contributed by atoms with van der Waals surface area (Å²) in [6.45, 7) is 0. The molecule has 0 amide bonds. The fourth-order valence-electron chi connectivity index (χ4n) is 1.91. The molecule has 1 aromatic carbocycles. The first-order valence-corrected chi connectivity index (χ1v) is 6.00. The molecule has 0 atom stereocenters. The average molecular weight is 234 g/mol. The molecular formula is C14H18O3. The summed E-state index contributed by atoms with van der Waals surface area (Å²) < 4.78 is 10.3. The van der Waals surface area contributed by atoms with Crippen molar-refractivity contribution in [2.75, 3.05) is 14.2 Å². The fourth-order valence-corrected chi connectivity index (χ4v) is 1.91. The molecule has 3 heteroatoms. The van der Waals surface area contributed by atoms with Gasteiger partial charge in [-0.15, -0.1) is 0 Å². The standard InChI is InChI=1S/C14H18O3/c1-16-11-6-8-14(17-2)12(9-11)13(15)7-5-10-3-4-10/h6,8-10H,3-5,7H2,1-2H3. The summed E-state index contributed by atoms with van der Waals surface area (Å²) in [5.41, 5.74) is 0.632. The van der Waals surface area contributed by atoms with E-state index < -0.39 is 0 Å². The summed E-state index contributed by atoms with van der Waals surface area (Å²) >= 11 is 0. The Kier molecular flexibility index (Phi) is 3.67. The molecule has 1 saturated carbocycles. The number of hydrogen-bond donors (Lipinski definition) is 0. The Labute approximate surface area is 102 Å². The van der Waals surface area contributed by atoms with E-state index in [0.29, 0.717) is 23.5 Å². The highest BCUT2D eigenvalue weighted by molar-refractivity contribution is 5.99. The summed E-state index contributed by atoms with van der Waals surface area (Å²) in [5.74, 6) is 2.25. The number of hydrogen-bond acceptors (Lipinski definition) is 3. The van der Waals surface area contributed by atoms with Crippen LogP contribution in [-0.4, -0.2) is 20.0 Å². The van der Waals surface area contributed by atoms with Gasteiger partial charge in [0.25, 0.3) is 0 Å². The number of Topliss-reactive ketones (excluding diaryl/α,β-unsaturated/α-hetero) is 1. The molecule has 0 unspecified atom stereocenters. The predicted octanol–water partition coefficient (Wildman–Crippen LogP) is 3.08. The minimum absolute atomic E-state index is 0.146. The predicted molar refractivity (Wildman–Crippen MR) is 65.8 cm³/mol. The number of ether oxygens (including phenoxy) is 2. The smallest absolute Gasteiger partial charge is 0.166 e. The summed E-state index contributed by atoms with van der Waals surface area (Å²) in [5, 5.41) is 0. The van der Waals surface area contributed by atoms with Gasteiger partial charge in [0.1, 0.15) is 11.5 Å². The second-order valence-electron chi connectivity index (χ2n) is 4.47. The van der Waals surface area contributed by atoms with Crippen LogP contribution < -0.4 is 9.47 Å². The molecule has 1 aliphatic carbocycles. The summed E-state index contributed by atoms with van der Waals surface area (Å²) in [4.78, 5) is 12.1. The van der Waals surface area contributed by atoms with Gasteiger partial charge in [-0.05, 0) is 30.5 Å². The molecule has 1 fully saturated rings. The van der Waals surface area contributed by atoms with E-state index in [1.165, 1.54) is 12.8 Å². The van der Waals surface area contributed by atoms with E-state index in [-0.39, 0.29) is 5.78 Å². The number of carbonyl (C=O) groups is 1. The Hall–Kier alpha value is -1.51. The highest BCUT2D eigenvalue weighted by atomic mass is 16.5. The molecule has 17 heavy (non-hydrogen) atoms. The second kappa shape index (κ2) is 5.21. The van der Waals surface area contributed by atoms with E-state index in [0.717, 1.165) is 12.3 Å². The van der Waals surface area contributed by atoms with Crippen LogP contribution in [0.5, 0.6) is 11.5 Å². The Bertz CT molecular complexity index is 408. The number of benzene rings is 1. The SMILES string of the molecule is COc1ccc(OC)c(C(=O)CCC2CC2)c1. The molecule has 0 radical (unpaired) electrons. The average Bonchev–Trinajstić information content (AvgIpc) is 3.19. The fraction of sp³-hybridized carbons (Fsp3) is 0.500. The third kappa shape index (κ3) is 2.99. The van der Waals surface area contributed by atoms with Crippen molar-refractivity contribution in [3.05, 3.63) is 23.8 Å². The van der Waals surface area contributed by atoms with Crippen molar-refractivity contribution in [1.82, 2.24) is 0 Å². The molecule has 3 nitrogen and oxygen atoms in total. The van der Waals surface area contributed by atoms with E-state index in [9.17, 15) is 4.79 Å². The van der Waals surface area contributed by atoms with Gasteiger partial charge in [-0.25, -0.2) is 0 Å². The monoisotopic (exact) mass is 234 g/mol. The molecule has 0 N–H and O–H groups in total. The molecular weight excluding hydrogens is 216 g/mol. The number of methoxy groups -OCH3 is 2. The van der Waals surface area contributed by atoms with Gasteiger partial charge in [-0.2, -0.15) is 0 Å². The lowest BCUT2D eigenvalue weighted by atomic mass is 10.0. The van der Waals surface area contributed by atoms with Crippen molar-refractivity contribution in [1.29, 1.82) is 0 Å². The zero-order valence-corrected chi connectivity index (χ0v) is 10.4. The third-order valence-electron chi connectivity index (χ3n) is 3.18. The zero-order chi connectivity index (χ0) is 12.3. The molecule has 1 aromatic rings. The normalized spacial score (nSPS) is 14.5. The minimum Gasteiger partial charge on any atom is -0.497 e. The van der Waals surface area contributed by atoms with Gasteiger partial charge < -0.3 is 9.47 Å². The number of rotatable bonds is 6. The van der Waals surface area contributed by atoms with Crippen LogP contribution in [0.15, 0.2) is 18.2 Å². The van der Waals surface area contributed by atoms with E-state index in [1.54, 1.807) is 32.4 Å². The molecule has 0 aliphatic heterocycles. The Morgan fingerprint density at radius 2 is 2.06 bits per heavy atom. The molecule has 0 heterocycles. The lowest BCUT2D eigenvalue weighted by Crippen LogP contribution is -2.03. The topological polar surface area (TPSA) is 35.5 Å². The summed E-state index contributed by atoms with van der Waals surface area (Å²) in [6, 6.07) is 5.34. The van der Waals surface area contributed by atoms with Crippen LogP contribution in [-0.2, 0) is 0 Å². The van der Waals surface area contributed by atoms with Crippen LogP contribution in [0.25, 0.3) is 0 Å². The Balaban J connectivity index is 2.12. The first-order chi connectivity index (χ1) is 8.24. The van der Waals surface area contributed by atoms with Crippen molar-refractivity contribution in [2.45, 2.75) is 25.7 Å².